The second-order valence-corrected chi connectivity index (χ2v) is 5.44. The van der Waals surface area contributed by atoms with Crippen LogP contribution in [0.4, 0.5) is 11.4 Å². The second kappa shape index (κ2) is 4.63. The van der Waals surface area contributed by atoms with E-state index in [1.165, 1.54) is 17.5 Å². The molecular weight excluding hydrogens is 258 g/mol. The van der Waals surface area contributed by atoms with E-state index in [0.717, 1.165) is 10.6 Å². The average molecular weight is 271 g/mol. The van der Waals surface area contributed by atoms with E-state index < -0.39 is 0 Å². The molecular formula is C15H13NO2S. The van der Waals surface area contributed by atoms with Crippen molar-refractivity contribution in [1.82, 2.24) is 0 Å². The molecule has 3 rings (SSSR count). The molecule has 4 heteroatoms. The smallest absolute Gasteiger partial charge is 0.308 e. The van der Waals surface area contributed by atoms with Crippen LogP contribution in [-0.4, -0.2) is 13.0 Å². The minimum atomic E-state index is -0.300. The summed E-state index contributed by atoms with van der Waals surface area (Å²) in [5.74, 6) is 0.282. The van der Waals surface area contributed by atoms with E-state index in [2.05, 4.69) is 17.0 Å². The second-order valence-electron chi connectivity index (χ2n) is 4.35. The first-order valence-electron chi connectivity index (χ1n) is 5.98. The molecule has 2 aromatic carbocycles. The van der Waals surface area contributed by atoms with Crippen LogP contribution in [0.1, 0.15) is 6.92 Å². The van der Waals surface area contributed by atoms with Crippen LogP contribution in [0.3, 0.4) is 0 Å². The number of nitrogens with zero attached hydrogens (tertiary/aromatic N) is 1. The van der Waals surface area contributed by atoms with E-state index in [4.69, 9.17) is 4.74 Å². The lowest BCUT2D eigenvalue weighted by Crippen LogP contribution is -2.14. The molecule has 0 spiro atoms. The van der Waals surface area contributed by atoms with Crippen molar-refractivity contribution in [3.05, 3.63) is 42.5 Å². The third kappa shape index (κ3) is 2.19. The normalized spacial score (nSPS) is 12.6. The number of carbonyl (C=O) groups is 1. The average Bonchev–Trinajstić information content (AvgIpc) is 2.39. The number of benzene rings is 2. The Morgan fingerprint density at radius 2 is 1.84 bits per heavy atom. The SMILES string of the molecule is CC(=O)Oc1ccc2c(c1)N(C)c1ccccc1S2. The van der Waals surface area contributed by atoms with Gasteiger partial charge < -0.3 is 9.64 Å². The quantitative estimate of drug-likeness (QED) is 0.582. The van der Waals surface area contributed by atoms with Crippen LogP contribution in [-0.2, 0) is 4.79 Å². The minimum absolute atomic E-state index is 0.300. The van der Waals surface area contributed by atoms with Gasteiger partial charge >= 0.3 is 5.97 Å². The summed E-state index contributed by atoms with van der Waals surface area (Å²) in [7, 11) is 2.02. The Labute approximate surface area is 116 Å². The minimum Gasteiger partial charge on any atom is -0.427 e. The molecule has 0 N–H and O–H groups in total. The number of para-hydroxylation sites is 1. The van der Waals surface area contributed by atoms with Crippen LogP contribution in [0.15, 0.2) is 52.3 Å². The third-order valence-electron chi connectivity index (χ3n) is 3.00. The Bertz CT molecular complexity index is 654. The number of esters is 1. The van der Waals surface area contributed by atoms with Gasteiger partial charge in [-0.15, -0.1) is 0 Å². The highest BCUT2D eigenvalue weighted by Crippen LogP contribution is 2.48. The number of anilines is 2. The van der Waals surface area contributed by atoms with E-state index >= 15 is 0 Å². The number of hydrogen-bond donors (Lipinski definition) is 0. The molecule has 0 amide bonds. The van der Waals surface area contributed by atoms with Crippen LogP contribution in [0.25, 0.3) is 0 Å². The van der Waals surface area contributed by atoms with Crippen LogP contribution in [0.5, 0.6) is 5.75 Å². The van der Waals surface area contributed by atoms with Gasteiger partial charge in [-0.25, -0.2) is 0 Å². The Hall–Kier alpha value is -1.94. The predicted octanol–water partition coefficient (Wildman–Crippen LogP) is 3.84. The molecule has 0 saturated carbocycles. The maximum Gasteiger partial charge on any atom is 0.308 e. The van der Waals surface area contributed by atoms with Crippen molar-refractivity contribution in [1.29, 1.82) is 0 Å². The summed E-state index contributed by atoms with van der Waals surface area (Å²) in [6, 6.07) is 14.0. The van der Waals surface area contributed by atoms with Gasteiger partial charge in [0.25, 0.3) is 0 Å². The molecule has 0 aromatic heterocycles. The number of ether oxygens (including phenoxy) is 1. The monoisotopic (exact) mass is 271 g/mol. The van der Waals surface area contributed by atoms with Crippen molar-refractivity contribution < 1.29 is 9.53 Å². The largest absolute Gasteiger partial charge is 0.427 e. The molecule has 0 fully saturated rings. The number of carbonyl (C=O) groups excluding carboxylic acids is 1. The summed E-state index contributed by atoms with van der Waals surface area (Å²) in [5.41, 5.74) is 2.22. The van der Waals surface area contributed by atoms with Crippen LogP contribution < -0.4 is 9.64 Å². The molecule has 0 atom stereocenters. The zero-order chi connectivity index (χ0) is 13.4. The van der Waals surface area contributed by atoms with Gasteiger partial charge in [0.05, 0.1) is 11.4 Å². The van der Waals surface area contributed by atoms with Gasteiger partial charge in [0.2, 0.25) is 0 Å². The van der Waals surface area contributed by atoms with E-state index in [-0.39, 0.29) is 5.97 Å². The third-order valence-corrected chi connectivity index (χ3v) is 4.13. The fourth-order valence-electron chi connectivity index (χ4n) is 2.14. The van der Waals surface area contributed by atoms with Gasteiger partial charge in [-0.1, -0.05) is 23.9 Å². The van der Waals surface area contributed by atoms with Crippen molar-refractivity contribution in [2.45, 2.75) is 16.7 Å². The number of hydrogen-bond acceptors (Lipinski definition) is 4. The molecule has 0 bridgehead atoms. The molecule has 1 aliphatic rings. The van der Waals surface area contributed by atoms with Crippen molar-refractivity contribution in [2.24, 2.45) is 0 Å². The van der Waals surface area contributed by atoms with Gasteiger partial charge in [-0.3, -0.25) is 4.79 Å². The molecule has 19 heavy (non-hydrogen) atoms. The van der Waals surface area contributed by atoms with Gasteiger partial charge in [-0.05, 0) is 24.3 Å². The predicted molar refractivity (Wildman–Crippen MR) is 76.4 cm³/mol. The molecule has 0 radical (unpaired) electrons. The van der Waals surface area contributed by atoms with E-state index in [9.17, 15) is 4.79 Å². The van der Waals surface area contributed by atoms with Gasteiger partial charge in [-0.2, -0.15) is 0 Å². The first-order valence-corrected chi connectivity index (χ1v) is 6.80. The Morgan fingerprint density at radius 1 is 1.11 bits per heavy atom. The topological polar surface area (TPSA) is 29.5 Å². The van der Waals surface area contributed by atoms with Crippen LogP contribution in [0.2, 0.25) is 0 Å². The Balaban J connectivity index is 2.03. The van der Waals surface area contributed by atoms with E-state index in [1.54, 1.807) is 11.8 Å². The molecule has 0 unspecified atom stereocenters. The lowest BCUT2D eigenvalue weighted by Gasteiger charge is -2.29. The summed E-state index contributed by atoms with van der Waals surface area (Å²) in [4.78, 5) is 15.5. The summed E-state index contributed by atoms with van der Waals surface area (Å²) >= 11 is 1.73. The first-order chi connectivity index (χ1) is 9.15. The molecule has 0 aliphatic carbocycles. The molecule has 96 valence electrons. The van der Waals surface area contributed by atoms with Crippen molar-refractivity contribution in [2.75, 3.05) is 11.9 Å². The van der Waals surface area contributed by atoms with Crippen molar-refractivity contribution in [3.63, 3.8) is 0 Å². The molecule has 1 heterocycles. The summed E-state index contributed by atoms with van der Waals surface area (Å²) in [6.07, 6.45) is 0. The number of rotatable bonds is 1. The van der Waals surface area contributed by atoms with E-state index in [1.807, 2.05) is 37.4 Å². The first kappa shape index (κ1) is 12.1. The molecule has 0 saturated heterocycles. The summed E-state index contributed by atoms with van der Waals surface area (Å²) in [6.45, 7) is 1.41. The summed E-state index contributed by atoms with van der Waals surface area (Å²) < 4.78 is 5.14. The van der Waals surface area contributed by atoms with Crippen LogP contribution >= 0.6 is 11.8 Å². The molecule has 1 aliphatic heterocycles. The molecule has 2 aromatic rings. The van der Waals surface area contributed by atoms with Crippen molar-refractivity contribution in [3.8, 4) is 5.75 Å². The van der Waals surface area contributed by atoms with Crippen LogP contribution in [0, 0.1) is 0 Å². The standard InChI is InChI=1S/C15H13NO2S/c1-10(17)18-11-7-8-15-13(9-11)16(2)12-5-3-4-6-14(12)19-15/h3-9H,1-2H3. The zero-order valence-corrected chi connectivity index (χ0v) is 11.5. The van der Waals surface area contributed by atoms with E-state index in [0.29, 0.717) is 5.75 Å². The van der Waals surface area contributed by atoms with Crippen molar-refractivity contribution >= 4 is 29.1 Å². The fourth-order valence-corrected chi connectivity index (χ4v) is 3.27. The Kier molecular flexibility index (Phi) is 2.95. The zero-order valence-electron chi connectivity index (χ0n) is 10.7. The highest BCUT2D eigenvalue weighted by molar-refractivity contribution is 7.99. The lowest BCUT2D eigenvalue weighted by atomic mass is 10.2. The highest BCUT2D eigenvalue weighted by Gasteiger charge is 2.20. The fraction of sp³-hybridized carbons (Fsp3) is 0.133. The summed E-state index contributed by atoms with van der Waals surface area (Å²) in [5, 5.41) is 0. The lowest BCUT2D eigenvalue weighted by molar-refractivity contribution is -0.131. The highest BCUT2D eigenvalue weighted by atomic mass is 32.2. The number of fused-ring (bicyclic) bond motifs is 2. The molecule has 3 nitrogen and oxygen atoms in total. The van der Waals surface area contributed by atoms with Gasteiger partial charge in [0.15, 0.2) is 0 Å². The van der Waals surface area contributed by atoms with Gasteiger partial charge in [0, 0.05) is 29.8 Å². The maximum atomic E-state index is 11.0. The van der Waals surface area contributed by atoms with Gasteiger partial charge in [0.1, 0.15) is 5.75 Å². The Morgan fingerprint density at radius 3 is 2.63 bits per heavy atom. The maximum absolute atomic E-state index is 11.0.